The summed E-state index contributed by atoms with van der Waals surface area (Å²) in [7, 11) is 2.97. The number of carbonyl (C=O) groups excluding carboxylic acids is 2. The van der Waals surface area contributed by atoms with Gasteiger partial charge in [-0.25, -0.2) is 9.78 Å². The molecule has 0 aliphatic carbocycles. The fourth-order valence-electron chi connectivity index (χ4n) is 2.49. The molecule has 0 fully saturated rings. The molecule has 1 amide bonds. The van der Waals surface area contributed by atoms with Crippen LogP contribution in [0.4, 0.5) is 5.13 Å². The van der Waals surface area contributed by atoms with Gasteiger partial charge < -0.3 is 14.2 Å². The van der Waals surface area contributed by atoms with Crippen LogP contribution in [0.1, 0.15) is 17.3 Å². The van der Waals surface area contributed by atoms with Crippen molar-refractivity contribution < 1.29 is 23.8 Å². The molecule has 150 valence electrons. The van der Waals surface area contributed by atoms with E-state index in [-0.39, 0.29) is 5.56 Å². The number of amides is 1. The van der Waals surface area contributed by atoms with Crippen LogP contribution in [0.3, 0.4) is 0 Å². The summed E-state index contributed by atoms with van der Waals surface area (Å²) in [5, 5.41) is 4.96. The minimum absolute atomic E-state index is 0.224. The van der Waals surface area contributed by atoms with Gasteiger partial charge in [-0.15, -0.1) is 11.3 Å². The Hall–Kier alpha value is -3.39. The predicted octanol–water partition coefficient (Wildman–Crippen LogP) is 4.01. The highest BCUT2D eigenvalue weighted by Gasteiger charge is 2.21. The normalized spacial score (nSPS) is 11.4. The summed E-state index contributed by atoms with van der Waals surface area (Å²) in [4.78, 5) is 29.2. The van der Waals surface area contributed by atoms with Gasteiger partial charge in [0.15, 0.2) is 11.2 Å². The Balaban J connectivity index is 1.64. The Morgan fingerprint density at radius 1 is 1.03 bits per heavy atom. The van der Waals surface area contributed by atoms with E-state index < -0.39 is 18.0 Å². The quantitative estimate of drug-likeness (QED) is 0.590. The number of thiazole rings is 1. The Morgan fingerprint density at radius 3 is 2.31 bits per heavy atom. The van der Waals surface area contributed by atoms with Crippen molar-refractivity contribution in [1.82, 2.24) is 4.98 Å². The zero-order chi connectivity index (χ0) is 20.8. The number of esters is 1. The van der Waals surface area contributed by atoms with Crippen molar-refractivity contribution in [3.8, 4) is 22.8 Å². The maximum Gasteiger partial charge on any atom is 0.339 e. The summed E-state index contributed by atoms with van der Waals surface area (Å²) >= 11 is 1.30. The SMILES string of the molecule is COc1cc(OC)cc(C(=O)O[C@@H](C)C(=O)Nc2nc(-c3ccccc3)cs2)c1. The average Bonchev–Trinajstić information content (AvgIpc) is 3.22. The predicted molar refractivity (Wildman–Crippen MR) is 111 cm³/mol. The molecule has 0 spiro atoms. The molecule has 3 rings (SSSR count). The molecule has 2 aromatic carbocycles. The Morgan fingerprint density at radius 2 is 1.69 bits per heavy atom. The van der Waals surface area contributed by atoms with Gasteiger partial charge in [0.05, 0.1) is 25.5 Å². The summed E-state index contributed by atoms with van der Waals surface area (Å²) in [6.45, 7) is 1.50. The molecule has 1 heterocycles. The maximum absolute atomic E-state index is 12.4. The number of nitrogens with zero attached hydrogens (tertiary/aromatic N) is 1. The number of ether oxygens (including phenoxy) is 3. The van der Waals surface area contributed by atoms with Crippen molar-refractivity contribution in [2.24, 2.45) is 0 Å². The van der Waals surface area contributed by atoms with Gasteiger partial charge in [0.2, 0.25) is 0 Å². The molecule has 0 bridgehead atoms. The van der Waals surface area contributed by atoms with Crippen LogP contribution in [0.5, 0.6) is 11.5 Å². The van der Waals surface area contributed by atoms with E-state index in [4.69, 9.17) is 14.2 Å². The fourth-order valence-corrected chi connectivity index (χ4v) is 3.21. The molecule has 0 aliphatic heterocycles. The smallest absolute Gasteiger partial charge is 0.339 e. The third kappa shape index (κ3) is 5.11. The molecule has 3 aromatic rings. The van der Waals surface area contributed by atoms with Crippen molar-refractivity contribution in [3.63, 3.8) is 0 Å². The number of hydrogen-bond donors (Lipinski definition) is 1. The van der Waals surface area contributed by atoms with E-state index in [1.165, 1.54) is 44.6 Å². The van der Waals surface area contributed by atoms with Crippen LogP contribution in [-0.2, 0) is 9.53 Å². The van der Waals surface area contributed by atoms with Gasteiger partial charge in [0.1, 0.15) is 11.5 Å². The van der Waals surface area contributed by atoms with E-state index in [1.54, 1.807) is 6.07 Å². The van der Waals surface area contributed by atoms with Crippen LogP contribution in [0.15, 0.2) is 53.9 Å². The second-order valence-electron chi connectivity index (χ2n) is 6.04. The summed E-state index contributed by atoms with van der Waals surface area (Å²) < 4.78 is 15.6. The molecule has 7 nitrogen and oxygen atoms in total. The first-order valence-electron chi connectivity index (χ1n) is 8.76. The van der Waals surface area contributed by atoms with Crippen LogP contribution in [-0.4, -0.2) is 37.2 Å². The van der Waals surface area contributed by atoms with Crippen molar-refractivity contribution >= 4 is 28.3 Å². The molecule has 0 saturated carbocycles. The highest BCUT2D eigenvalue weighted by atomic mass is 32.1. The topological polar surface area (TPSA) is 86.8 Å². The lowest BCUT2D eigenvalue weighted by Gasteiger charge is -2.13. The average molecular weight is 412 g/mol. The highest BCUT2D eigenvalue weighted by molar-refractivity contribution is 7.14. The molecular formula is C21H20N2O5S. The minimum Gasteiger partial charge on any atom is -0.497 e. The van der Waals surface area contributed by atoms with Crippen molar-refractivity contribution in [1.29, 1.82) is 0 Å². The van der Waals surface area contributed by atoms with Gasteiger partial charge in [-0.2, -0.15) is 0 Å². The molecule has 29 heavy (non-hydrogen) atoms. The van der Waals surface area contributed by atoms with Crippen LogP contribution >= 0.6 is 11.3 Å². The fraction of sp³-hybridized carbons (Fsp3) is 0.190. The van der Waals surface area contributed by atoms with Crippen LogP contribution in [0, 0.1) is 0 Å². The molecular weight excluding hydrogens is 392 g/mol. The van der Waals surface area contributed by atoms with Gasteiger partial charge in [-0.1, -0.05) is 30.3 Å². The van der Waals surface area contributed by atoms with E-state index in [2.05, 4.69) is 10.3 Å². The molecule has 1 atom stereocenters. The number of aromatic nitrogens is 1. The Bertz CT molecular complexity index is 981. The van der Waals surface area contributed by atoms with Gasteiger partial charge in [-0.05, 0) is 19.1 Å². The first kappa shape index (κ1) is 20.3. The number of benzene rings is 2. The monoisotopic (exact) mass is 412 g/mol. The molecule has 0 radical (unpaired) electrons. The second kappa shape index (κ2) is 9.20. The summed E-state index contributed by atoms with van der Waals surface area (Å²) in [5.74, 6) is -0.231. The molecule has 0 saturated heterocycles. The summed E-state index contributed by atoms with van der Waals surface area (Å²) in [5.41, 5.74) is 1.94. The third-order valence-corrected chi connectivity index (χ3v) is 4.80. The molecule has 1 N–H and O–H groups in total. The Kier molecular flexibility index (Phi) is 6.46. The number of rotatable bonds is 7. The van der Waals surface area contributed by atoms with E-state index in [1.807, 2.05) is 35.7 Å². The minimum atomic E-state index is -1.01. The van der Waals surface area contributed by atoms with E-state index in [0.717, 1.165) is 11.3 Å². The lowest BCUT2D eigenvalue weighted by molar-refractivity contribution is -0.123. The standard InChI is InChI=1S/C21H20N2O5S/c1-13(28-20(25)15-9-16(26-2)11-17(10-15)27-3)19(24)23-21-22-18(12-29-21)14-7-5-4-6-8-14/h4-13H,1-3H3,(H,22,23,24)/t13-/m0/s1. The number of methoxy groups -OCH3 is 2. The molecule has 0 aliphatic rings. The lowest BCUT2D eigenvalue weighted by atomic mass is 10.2. The number of hydrogen-bond acceptors (Lipinski definition) is 7. The van der Waals surface area contributed by atoms with Gasteiger partial charge in [0, 0.05) is 17.0 Å². The second-order valence-corrected chi connectivity index (χ2v) is 6.90. The van der Waals surface area contributed by atoms with Crippen molar-refractivity contribution in [2.75, 3.05) is 19.5 Å². The van der Waals surface area contributed by atoms with Crippen molar-refractivity contribution in [2.45, 2.75) is 13.0 Å². The van der Waals surface area contributed by atoms with Gasteiger partial charge in [-0.3, -0.25) is 10.1 Å². The summed E-state index contributed by atoms with van der Waals surface area (Å²) in [6.07, 6.45) is -1.01. The van der Waals surface area contributed by atoms with E-state index >= 15 is 0 Å². The molecule has 0 unspecified atom stereocenters. The van der Waals surface area contributed by atoms with Crippen LogP contribution in [0.2, 0.25) is 0 Å². The van der Waals surface area contributed by atoms with Crippen molar-refractivity contribution in [3.05, 3.63) is 59.5 Å². The van der Waals surface area contributed by atoms with Gasteiger partial charge in [0.25, 0.3) is 5.91 Å². The number of carbonyl (C=O) groups is 2. The zero-order valence-corrected chi connectivity index (χ0v) is 17.0. The maximum atomic E-state index is 12.4. The first-order valence-corrected chi connectivity index (χ1v) is 9.64. The highest BCUT2D eigenvalue weighted by Crippen LogP contribution is 2.25. The van der Waals surface area contributed by atoms with Gasteiger partial charge >= 0.3 is 5.97 Å². The summed E-state index contributed by atoms with van der Waals surface area (Å²) in [6, 6.07) is 14.3. The van der Waals surface area contributed by atoms with E-state index in [0.29, 0.717) is 16.6 Å². The third-order valence-electron chi connectivity index (χ3n) is 4.04. The zero-order valence-electron chi connectivity index (χ0n) is 16.2. The van der Waals surface area contributed by atoms with Crippen LogP contribution < -0.4 is 14.8 Å². The first-order chi connectivity index (χ1) is 14.0. The van der Waals surface area contributed by atoms with Crippen LogP contribution in [0.25, 0.3) is 11.3 Å². The van der Waals surface area contributed by atoms with E-state index in [9.17, 15) is 9.59 Å². The number of anilines is 1. The molecule has 1 aromatic heterocycles. The molecule has 8 heteroatoms. The lowest BCUT2D eigenvalue weighted by Crippen LogP contribution is -2.30. The largest absolute Gasteiger partial charge is 0.497 e. The number of nitrogens with one attached hydrogen (secondary N) is 1. The Labute approximate surface area is 172 Å².